The van der Waals surface area contributed by atoms with E-state index in [-0.39, 0.29) is 0 Å². The minimum absolute atomic E-state index is 0.370. The van der Waals surface area contributed by atoms with Crippen LogP contribution in [-0.4, -0.2) is 39.3 Å². The van der Waals surface area contributed by atoms with Crippen LogP contribution in [0, 0.1) is 0 Å². The summed E-state index contributed by atoms with van der Waals surface area (Å²) in [6, 6.07) is 1.28. The molecule has 0 amide bonds. The summed E-state index contributed by atoms with van der Waals surface area (Å²) in [6.07, 6.45) is 4.15. The number of aliphatic hydroxyl groups is 1. The fraction of sp³-hybridized carbons (Fsp3) is 0.583. The maximum Gasteiger partial charge on any atom is 0.320 e. The largest absolute Gasteiger partial charge is 0.480 e. The normalized spacial score (nSPS) is 30.4. The Kier molecular flexibility index (Phi) is 3.22. The van der Waals surface area contributed by atoms with Gasteiger partial charge in [-0.25, -0.2) is 0 Å². The van der Waals surface area contributed by atoms with Gasteiger partial charge in [-0.3, -0.25) is 9.69 Å². The number of nitrogens with zero attached hydrogens (tertiary/aromatic N) is 1. The van der Waals surface area contributed by atoms with Crippen molar-refractivity contribution in [1.29, 1.82) is 0 Å². The van der Waals surface area contributed by atoms with Gasteiger partial charge in [0.15, 0.2) is 0 Å². The highest BCUT2D eigenvalue weighted by Gasteiger charge is 2.37. The van der Waals surface area contributed by atoms with E-state index in [1.807, 2.05) is 6.07 Å². The third kappa shape index (κ3) is 2.87. The van der Waals surface area contributed by atoms with Crippen molar-refractivity contribution in [2.75, 3.05) is 6.54 Å². The minimum atomic E-state index is -0.830. The Morgan fingerprint density at radius 2 is 2.47 bits per heavy atom. The zero-order valence-corrected chi connectivity index (χ0v) is 9.80. The van der Waals surface area contributed by atoms with Gasteiger partial charge in [0, 0.05) is 18.7 Å². The van der Waals surface area contributed by atoms with Crippen molar-refractivity contribution in [3.05, 3.63) is 24.2 Å². The maximum atomic E-state index is 11.2. The first kappa shape index (κ1) is 12.1. The van der Waals surface area contributed by atoms with Gasteiger partial charge in [0.2, 0.25) is 0 Å². The predicted molar refractivity (Wildman–Crippen MR) is 60.4 cm³/mol. The molecule has 0 spiro atoms. The van der Waals surface area contributed by atoms with Crippen molar-refractivity contribution < 1.29 is 19.4 Å². The summed E-state index contributed by atoms with van der Waals surface area (Å²) < 4.78 is 4.97. The lowest BCUT2D eigenvalue weighted by molar-refractivity contribution is -0.149. The van der Waals surface area contributed by atoms with E-state index in [2.05, 4.69) is 0 Å². The third-order valence-electron chi connectivity index (χ3n) is 3.19. The molecule has 1 aliphatic rings. The van der Waals surface area contributed by atoms with Crippen LogP contribution in [0.1, 0.15) is 25.3 Å². The molecule has 5 nitrogen and oxygen atoms in total. The number of hydrogen-bond acceptors (Lipinski definition) is 4. The molecule has 2 N–H and O–H groups in total. The molecule has 5 heteroatoms. The van der Waals surface area contributed by atoms with Crippen molar-refractivity contribution in [2.45, 2.75) is 38.0 Å². The number of furan rings is 1. The van der Waals surface area contributed by atoms with Gasteiger partial charge in [-0.2, -0.15) is 0 Å². The predicted octanol–water partition coefficient (Wildman–Crippen LogP) is 1.08. The summed E-state index contributed by atoms with van der Waals surface area (Å²) in [5.74, 6) is -0.830. The average Bonchev–Trinajstić information content (AvgIpc) is 2.68. The number of carboxylic acid groups (broad SMARTS) is 1. The van der Waals surface area contributed by atoms with Crippen molar-refractivity contribution >= 4 is 5.97 Å². The van der Waals surface area contributed by atoms with E-state index in [9.17, 15) is 9.90 Å². The highest BCUT2D eigenvalue weighted by Crippen LogP contribution is 2.26. The highest BCUT2D eigenvalue weighted by molar-refractivity contribution is 5.73. The second kappa shape index (κ2) is 4.50. The van der Waals surface area contributed by atoms with Crippen LogP contribution >= 0.6 is 0 Å². The standard InChI is InChI=1S/C12H17NO4/c1-12(16)4-2-10(11(14)15)13(8-12)6-9-3-5-17-7-9/h3,5,7,10,16H,2,4,6,8H2,1H3,(H,14,15)/t10-,12-/m0/s1. The molecule has 2 atom stereocenters. The molecule has 0 unspecified atom stereocenters. The second-order valence-corrected chi connectivity index (χ2v) is 4.93. The van der Waals surface area contributed by atoms with E-state index < -0.39 is 17.6 Å². The first-order valence-corrected chi connectivity index (χ1v) is 5.68. The molecule has 0 aromatic carbocycles. The van der Waals surface area contributed by atoms with Crippen molar-refractivity contribution in [3.63, 3.8) is 0 Å². The molecule has 2 rings (SSSR count). The topological polar surface area (TPSA) is 73.9 Å². The van der Waals surface area contributed by atoms with Crippen molar-refractivity contribution in [3.8, 4) is 0 Å². The summed E-state index contributed by atoms with van der Waals surface area (Å²) in [5.41, 5.74) is 0.115. The van der Waals surface area contributed by atoms with Crippen LogP contribution in [0.15, 0.2) is 23.0 Å². The number of aliphatic carboxylic acids is 1. The van der Waals surface area contributed by atoms with E-state index in [1.165, 1.54) is 0 Å². The van der Waals surface area contributed by atoms with E-state index in [4.69, 9.17) is 9.52 Å². The molecule has 1 aliphatic heterocycles. The maximum absolute atomic E-state index is 11.2. The Bertz CT molecular complexity index is 385. The molecule has 0 radical (unpaired) electrons. The molecule has 1 saturated heterocycles. The zero-order chi connectivity index (χ0) is 12.5. The van der Waals surface area contributed by atoms with Gasteiger partial charge in [0.05, 0.1) is 18.1 Å². The Morgan fingerprint density at radius 1 is 1.71 bits per heavy atom. The molecule has 2 heterocycles. The number of piperidine rings is 1. The molecule has 0 saturated carbocycles. The van der Waals surface area contributed by atoms with Crippen LogP contribution in [-0.2, 0) is 11.3 Å². The molecule has 0 bridgehead atoms. The van der Waals surface area contributed by atoms with Crippen LogP contribution in [0.2, 0.25) is 0 Å². The van der Waals surface area contributed by atoms with Crippen LogP contribution in [0.25, 0.3) is 0 Å². The Morgan fingerprint density at radius 3 is 3.06 bits per heavy atom. The smallest absolute Gasteiger partial charge is 0.320 e. The highest BCUT2D eigenvalue weighted by atomic mass is 16.4. The Balaban J connectivity index is 2.11. The van der Waals surface area contributed by atoms with Crippen LogP contribution in [0.4, 0.5) is 0 Å². The fourth-order valence-electron chi connectivity index (χ4n) is 2.32. The number of rotatable bonds is 3. The minimum Gasteiger partial charge on any atom is -0.480 e. The van der Waals surface area contributed by atoms with E-state index in [1.54, 1.807) is 24.3 Å². The lowest BCUT2D eigenvalue weighted by atomic mass is 9.90. The summed E-state index contributed by atoms with van der Waals surface area (Å²) in [4.78, 5) is 12.9. The van der Waals surface area contributed by atoms with E-state index in [0.717, 1.165) is 5.56 Å². The quantitative estimate of drug-likeness (QED) is 0.825. The number of hydrogen-bond donors (Lipinski definition) is 2. The first-order valence-electron chi connectivity index (χ1n) is 5.68. The van der Waals surface area contributed by atoms with Crippen molar-refractivity contribution in [2.24, 2.45) is 0 Å². The molecule has 94 valence electrons. The molecule has 1 aromatic heterocycles. The van der Waals surface area contributed by atoms with Gasteiger partial charge in [-0.05, 0) is 25.8 Å². The molecular weight excluding hydrogens is 222 g/mol. The summed E-state index contributed by atoms with van der Waals surface area (Å²) in [6.45, 7) is 2.60. The second-order valence-electron chi connectivity index (χ2n) is 4.93. The lowest BCUT2D eigenvalue weighted by Gasteiger charge is -2.40. The summed E-state index contributed by atoms with van der Waals surface area (Å²) >= 11 is 0. The van der Waals surface area contributed by atoms with Gasteiger partial charge >= 0.3 is 5.97 Å². The SMILES string of the molecule is C[C@]1(O)CC[C@@H](C(=O)O)N(Cc2ccoc2)C1. The number of likely N-dealkylation sites (tertiary alicyclic amines) is 1. The van der Waals surface area contributed by atoms with Gasteiger partial charge in [0.1, 0.15) is 6.04 Å². The van der Waals surface area contributed by atoms with Crippen molar-refractivity contribution in [1.82, 2.24) is 4.90 Å². The third-order valence-corrected chi connectivity index (χ3v) is 3.19. The molecule has 0 aliphatic carbocycles. The van der Waals surface area contributed by atoms with Gasteiger partial charge in [-0.15, -0.1) is 0 Å². The van der Waals surface area contributed by atoms with E-state index in [0.29, 0.717) is 25.9 Å². The summed E-state index contributed by atoms with van der Waals surface area (Å²) in [7, 11) is 0. The van der Waals surface area contributed by atoms with E-state index >= 15 is 0 Å². The van der Waals surface area contributed by atoms with Gasteiger partial charge < -0.3 is 14.6 Å². The van der Waals surface area contributed by atoms with Gasteiger partial charge in [-0.1, -0.05) is 0 Å². The average molecular weight is 239 g/mol. The first-order chi connectivity index (χ1) is 7.98. The molecule has 1 aromatic rings. The zero-order valence-electron chi connectivity index (χ0n) is 9.80. The van der Waals surface area contributed by atoms with Crippen LogP contribution < -0.4 is 0 Å². The molecular formula is C12H17NO4. The number of carboxylic acids is 1. The van der Waals surface area contributed by atoms with Crippen LogP contribution in [0.3, 0.4) is 0 Å². The Labute approximate surface area is 99.6 Å². The number of carbonyl (C=O) groups is 1. The van der Waals surface area contributed by atoms with Crippen LogP contribution in [0.5, 0.6) is 0 Å². The number of β-amino-alcohol motifs (C(OH)–C–C–N with tert-alkyl or cyclic N) is 1. The lowest BCUT2D eigenvalue weighted by Crippen LogP contribution is -2.53. The molecule has 17 heavy (non-hydrogen) atoms. The van der Waals surface area contributed by atoms with Gasteiger partial charge in [0.25, 0.3) is 0 Å². The monoisotopic (exact) mass is 239 g/mol. The Hall–Kier alpha value is -1.33. The summed E-state index contributed by atoms with van der Waals surface area (Å²) in [5, 5.41) is 19.2. The fourth-order valence-corrected chi connectivity index (χ4v) is 2.32. The molecule has 1 fully saturated rings.